The fourth-order valence-corrected chi connectivity index (χ4v) is 3.04. The highest BCUT2D eigenvalue weighted by Gasteiger charge is 2.50. The molecule has 0 aromatic rings. The first-order valence-electron chi connectivity index (χ1n) is 6.65. The molecular weight excluding hydrogens is 250 g/mol. The molecule has 1 spiro atoms. The molecule has 3 fully saturated rings. The molecule has 0 radical (unpaired) electrons. The van der Waals surface area contributed by atoms with Crippen molar-refractivity contribution in [3.63, 3.8) is 0 Å². The lowest BCUT2D eigenvalue weighted by Crippen LogP contribution is -2.60. The number of hydrogen-bond acceptors (Lipinski definition) is 4. The lowest BCUT2D eigenvalue weighted by Gasteiger charge is -2.38. The molecule has 19 heavy (non-hydrogen) atoms. The summed E-state index contributed by atoms with van der Waals surface area (Å²) in [7, 11) is 0. The molecule has 3 heterocycles. The van der Waals surface area contributed by atoms with Gasteiger partial charge in [0.2, 0.25) is 0 Å². The monoisotopic (exact) mass is 267 g/mol. The van der Waals surface area contributed by atoms with E-state index in [0.29, 0.717) is 26.0 Å². The topological polar surface area (TPSA) is 87.7 Å². The van der Waals surface area contributed by atoms with Crippen LogP contribution in [0.15, 0.2) is 0 Å². The van der Waals surface area contributed by atoms with E-state index in [9.17, 15) is 14.4 Å². The van der Waals surface area contributed by atoms with Crippen molar-refractivity contribution in [1.29, 1.82) is 0 Å². The van der Waals surface area contributed by atoms with Gasteiger partial charge in [0.15, 0.2) is 0 Å². The Labute approximate surface area is 110 Å². The van der Waals surface area contributed by atoms with Crippen molar-refractivity contribution in [2.75, 3.05) is 19.7 Å². The average molecular weight is 267 g/mol. The van der Waals surface area contributed by atoms with Crippen LogP contribution in [0.1, 0.15) is 25.7 Å². The van der Waals surface area contributed by atoms with Crippen LogP contribution in [0.4, 0.5) is 4.79 Å². The Morgan fingerprint density at radius 1 is 1.37 bits per heavy atom. The number of imide groups is 1. The Kier molecular flexibility index (Phi) is 2.93. The molecule has 3 aliphatic heterocycles. The highest BCUT2D eigenvalue weighted by molar-refractivity contribution is 6.07. The number of piperidine rings is 1. The maximum atomic E-state index is 12.3. The first-order chi connectivity index (χ1) is 9.11. The second kappa shape index (κ2) is 4.48. The van der Waals surface area contributed by atoms with Gasteiger partial charge < -0.3 is 15.0 Å². The highest BCUT2D eigenvalue weighted by Crippen LogP contribution is 2.26. The maximum Gasteiger partial charge on any atom is 0.322 e. The third-order valence-electron chi connectivity index (χ3n) is 4.02. The van der Waals surface area contributed by atoms with Crippen LogP contribution in [0.5, 0.6) is 0 Å². The summed E-state index contributed by atoms with van der Waals surface area (Å²) >= 11 is 0. The van der Waals surface area contributed by atoms with Gasteiger partial charge in [-0.2, -0.15) is 0 Å². The maximum absolute atomic E-state index is 12.3. The molecule has 2 N–H and O–H groups in total. The number of amides is 4. The quantitative estimate of drug-likeness (QED) is 0.619. The Bertz CT molecular complexity index is 433. The number of nitrogens with one attached hydrogen (secondary N) is 2. The zero-order chi connectivity index (χ0) is 13.5. The molecule has 2 atom stereocenters. The third kappa shape index (κ3) is 2.07. The molecule has 104 valence electrons. The van der Waals surface area contributed by atoms with Crippen molar-refractivity contribution in [1.82, 2.24) is 15.5 Å². The third-order valence-corrected chi connectivity index (χ3v) is 4.02. The number of urea groups is 1. The largest absolute Gasteiger partial charge is 0.368 e. The van der Waals surface area contributed by atoms with E-state index in [-0.39, 0.29) is 24.5 Å². The molecule has 7 heteroatoms. The minimum absolute atomic E-state index is 0.0643. The molecule has 7 nitrogen and oxygen atoms in total. The van der Waals surface area contributed by atoms with Crippen LogP contribution in [-0.2, 0) is 14.3 Å². The Balaban J connectivity index is 1.72. The van der Waals surface area contributed by atoms with E-state index in [0.717, 1.165) is 12.8 Å². The molecule has 4 amide bonds. The number of nitrogens with zero attached hydrogens (tertiary/aromatic N) is 1. The van der Waals surface area contributed by atoms with Crippen molar-refractivity contribution >= 4 is 17.8 Å². The molecule has 0 aromatic heterocycles. The van der Waals surface area contributed by atoms with Gasteiger partial charge in [-0.3, -0.25) is 14.9 Å². The molecule has 3 aliphatic rings. The van der Waals surface area contributed by atoms with Crippen molar-refractivity contribution in [2.24, 2.45) is 0 Å². The van der Waals surface area contributed by atoms with Gasteiger partial charge in [-0.05, 0) is 25.7 Å². The average Bonchev–Trinajstić information content (AvgIpc) is 2.99. The van der Waals surface area contributed by atoms with Gasteiger partial charge in [0, 0.05) is 13.2 Å². The van der Waals surface area contributed by atoms with Crippen molar-refractivity contribution in [2.45, 2.75) is 37.3 Å². The van der Waals surface area contributed by atoms with Gasteiger partial charge in [0.25, 0.3) is 11.8 Å². The van der Waals surface area contributed by atoms with Crippen molar-refractivity contribution in [3.8, 4) is 0 Å². The van der Waals surface area contributed by atoms with Crippen LogP contribution in [0, 0.1) is 0 Å². The van der Waals surface area contributed by atoms with Gasteiger partial charge in [-0.1, -0.05) is 0 Å². The number of hydrogen-bond donors (Lipinski definition) is 2. The SMILES string of the molecule is O=C1NC(=O)C2(CCCN(C(=O)[C@@H]3CCCO3)C2)N1. The fourth-order valence-electron chi connectivity index (χ4n) is 3.04. The van der Waals surface area contributed by atoms with E-state index in [4.69, 9.17) is 4.74 Å². The molecule has 0 aromatic carbocycles. The standard InChI is InChI=1S/C12H17N3O4/c16-9(8-3-1-6-19-8)15-5-2-4-12(7-15)10(17)13-11(18)14-12/h8H,1-7H2,(H2,13,14,17,18)/t8-,12?/m0/s1. The summed E-state index contributed by atoms with van der Waals surface area (Å²) in [6, 6.07) is -0.476. The summed E-state index contributed by atoms with van der Waals surface area (Å²) in [5.41, 5.74) is -0.941. The molecule has 0 saturated carbocycles. The normalized spacial score (nSPS) is 34.5. The summed E-state index contributed by atoms with van der Waals surface area (Å²) < 4.78 is 5.39. The molecule has 3 rings (SSSR count). The highest BCUT2D eigenvalue weighted by atomic mass is 16.5. The number of rotatable bonds is 1. The molecule has 0 aliphatic carbocycles. The zero-order valence-corrected chi connectivity index (χ0v) is 10.6. The van der Waals surface area contributed by atoms with Gasteiger partial charge in [-0.15, -0.1) is 0 Å². The molecule has 1 unspecified atom stereocenters. The van der Waals surface area contributed by atoms with Gasteiger partial charge >= 0.3 is 6.03 Å². The summed E-state index contributed by atoms with van der Waals surface area (Å²) in [4.78, 5) is 37.1. The Morgan fingerprint density at radius 3 is 2.84 bits per heavy atom. The van der Waals surface area contributed by atoms with Crippen molar-refractivity contribution < 1.29 is 19.1 Å². The fraction of sp³-hybridized carbons (Fsp3) is 0.750. The number of likely N-dealkylation sites (tertiary alicyclic amines) is 1. The number of carbonyl (C=O) groups excluding carboxylic acids is 3. The summed E-state index contributed by atoms with van der Waals surface area (Å²) in [6.45, 7) is 1.47. The number of ether oxygens (including phenoxy) is 1. The lowest BCUT2D eigenvalue weighted by atomic mass is 9.89. The Morgan fingerprint density at radius 2 is 2.21 bits per heavy atom. The smallest absolute Gasteiger partial charge is 0.322 e. The van der Waals surface area contributed by atoms with Crippen molar-refractivity contribution in [3.05, 3.63) is 0 Å². The van der Waals surface area contributed by atoms with E-state index >= 15 is 0 Å². The molecular formula is C12H17N3O4. The summed E-state index contributed by atoms with van der Waals surface area (Å²) in [6.07, 6.45) is 2.52. The summed E-state index contributed by atoms with van der Waals surface area (Å²) in [5.74, 6) is -0.395. The van der Waals surface area contributed by atoms with E-state index in [2.05, 4.69) is 10.6 Å². The Hall–Kier alpha value is -1.63. The van der Waals surface area contributed by atoms with Crippen LogP contribution < -0.4 is 10.6 Å². The second-order valence-electron chi connectivity index (χ2n) is 5.36. The second-order valence-corrected chi connectivity index (χ2v) is 5.36. The number of carbonyl (C=O) groups is 3. The predicted molar refractivity (Wildman–Crippen MR) is 64.2 cm³/mol. The van der Waals surface area contributed by atoms with E-state index in [1.165, 1.54) is 0 Å². The van der Waals surface area contributed by atoms with Gasteiger partial charge in [0.05, 0.1) is 6.54 Å². The summed E-state index contributed by atoms with van der Waals surface area (Å²) in [5, 5.41) is 4.91. The van der Waals surface area contributed by atoms with Crippen LogP contribution in [0.2, 0.25) is 0 Å². The zero-order valence-electron chi connectivity index (χ0n) is 10.6. The van der Waals surface area contributed by atoms with Crippen LogP contribution in [0.3, 0.4) is 0 Å². The predicted octanol–water partition coefficient (Wildman–Crippen LogP) is -0.634. The van der Waals surface area contributed by atoms with E-state index < -0.39 is 11.6 Å². The lowest BCUT2D eigenvalue weighted by molar-refractivity contribution is -0.144. The van der Waals surface area contributed by atoms with Gasteiger partial charge in [-0.25, -0.2) is 4.79 Å². The van der Waals surface area contributed by atoms with Gasteiger partial charge in [0.1, 0.15) is 11.6 Å². The van der Waals surface area contributed by atoms with Crippen LogP contribution >= 0.6 is 0 Å². The minimum Gasteiger partial charge on any atom is -0.368 e. The first kappa shape index (κ1) is 12.4. The van der Waals surface area contributed by atoms with E-state index in [1.807, 2.05) is 0 Å². The van der Waals surface area contributed by atoms with E-state index in [1.54, 1.807) is 4.90 Å². The minimum atomic E-state index is -0.941. The first-order valence-corrected chi connectivity index (χ1v) is 6.65. The molecule has 3 saturated heterocycles. The van der Waals surface area contributed by atoms with Crippen LogP contribution in [0.25, 0.3) is 0 Å². The van der Waals surface area contributed by atoms with Crippen LogP contribution in [-0.4, -0.2) is 54.1 Å². The molecule has 0 bridgehead atoms.